The predicted molar refractivity (Wildman–Crippen MR) is 79.6 cm³/mol. The summed E-state index contributed by atoms with van der Waals surface area (Å²) < 4.78 is 28.8. The molecule has 2 rings (SSSR count). The van der Waals surface area contributed by atoms with Crippen LogP contribution in [0, 0.1) is 11.3 Å². The lowest BCUT2D eigenvalue weighted by molar-refractivity contribution is 0.601. The smallest absolute Gasteiger partial charge is 0.263 e. The highest BCUT2D eigenvalue weighted by molar-refractivity contribution is 7.92. The fourth-order valence-electron chi connectivity index (χ4n) is 1.87. The zero-order chi connectivity index (χ0) is 15.6. The van der Waals surface area contributed by atoms with Crippen LogP contribution < -0.4 is 4.72 Å². The van der Waals surface area contributed by atoms with Gasteiger partial charge in [-0.2, -0.15) is 10.4 Å². The molecule has 0 bridgehead atoms. The minimum absolute atomic E-state index is 0.00323. The number of rotatable bonds is 4. The van der Waals surface area contributed by atoms with Crippen molar-refractivity contribution < 1.29 is 8.42 Å². The number of hydrogen-bond acceptors (Lipinski definition) is 4. The highest BCUT2D eigenvalue weighted by atomic mass is 35.5. The molecule has 0 radical (unpaired) electrons. The number of sulfonamides is 1. The summed E-state index contributed by atoms with van der Waals surface area (Å²) in [6.45, 7) is 1.88. The number of halogens is 1. The van der Waals surface area contributed by atoms with Gasteiger partial charge >= 0.3 is 0 Å². The molecule has 110 valence electrons. The van der Waals surface area contributed by atoms with Crippen molar-refractivity contribution in [1.29, 1.82) is 5.26 Å². The average Bonchev–Trinajstić information content (AvgIpc) is 2.77. The molecule has 0 aliphatic heterocycles. The lowest BCUT2D eigenvalue weighted by Gasteiger charge is -2.09. The van der Waals surface area contributed by atoms with Crippen LogP contribution in [0.1, 0.15) is 18.2 Å². The van der Waals surface area contributed by atoms with Crippen molar-refractivity contribution in [2.24, 2.45) is 7.05 Å². The molecule has 1 aromatic heterocycles. The van der Waals surface area contributed by atoms with Gasteiger partial charge in [-0.15, -0.1) is 0 Å². The Kier molecular flexibility index (Phi) is 4.21. The van der Waals surface area contributed by atoms with Gasteiger partial charge in [0.1, 0.15) is 4.90 Å². The van der Waals surface area contributed by atoms with Crippen molar-refractivity contribution in [2.75, 3.05) is 4.72 Å². The second kappa shape index (κ2) is 5.76. The Morgan fingerprint density at radius 2 is 2.19 bits per heavy atom. The first-order chi connectivity index (χ1) is 9.87. The van der Waals surface area contributed by atoms with Crippen molar-refractivity contribution in [1.82, 2.24) is 9.78 Å². The number of nitrogens with zero attached hydrogens (tertiary/aromatic N) is 3. The quantitative estimate of drug-likeness (QED) is 0.934. The van der Waals surface area contributed by atoms with Gasteiger partial charge in [-0.1, -0.05) is 18.5 Å². The summed E-state index contributed by atoms with van der Waals surface area (Å²) in [6, 6.07) is 5.94. The minimum Gasteiger partial charge on any atom is -0.276 e. The molecule has 0 spiro atoms. The van der Waals surface area contributed by atoms with Crippen LogP contribution in [0.5, 0.6) is 0 Å². The fraction of sp³-hybridized carbons (Fsp3) is 0.231. The molecular weight excluding hydrogens is 312 g/mol. The van der Waals surface area contributed by atoms with Crippen LogP contribution in [0.15, 0.2) is 29.3 Å². The van der Waals surface area contributed by atoms with Crippen molar-refractivity contribution in [3.8, 4) is 6.07 Å². The molecule has 21 heavy (non-hydrogen) atoms. The summed E-state index contributed by atoms with van der Waals surface area (Å²) in [6.07, 6.45) is 2.19. The van der Waals surface area contributed by atoms with Gasteiger partial charge in [0, 0.05) is 13.2 Å². The summed E-state index contributed by atoms with van der Waals surface area (Å²) in [5.41, 5.74) is 1.36. The summed E-state index contributed by atoms with van der Waals surface area (Å²) in [7, 11) is -2.12. The summed E-state index contributed by atoms with van der Waals surface area (Å²) in [4.78, 5) is -0.0749. The van der Waals surface area contributed by atoms with Crippen LogP contribution in [-0.2, 0) is 23.5 Å². The first-order valence-electron chi connectivity index (χ1n) is 6.12. The Hall–Kier alpha value is -2.04. The maximum Gasteiger partial charge on any atom is 0.263 e. The van der Waals surface area contributed by atoms with Crippen molar-refractivity contribution in [3.05, 3.63) is 40.7 Å². The van der Waals surface area contributed by atoms with E-state index in [4.69, 9.17) is 16.9 Å². The highest BCUT2D eigenvalue weighted by Gasteiger charge is 2.20. The Balaban J connectivity index is 2.41. The number of hydrogen-bond donors (Lipinski definition) is 1. The molecule has 0 fully saturated rings. The van der Waals surface area contributed by atoms with Crippen LogP contribution in [0.4, 0.5) is 5.69 Å². The van der Waals surface area contributed by atoms with Gasteiger partial charge in [0.15, 0.2) is 0 Å². The fourth-order valence-corrected chi connectivity index (χ4v) is 3.49. The maximum atomic E-state index is 12.4. The summed E-state index contributed by atoms with van der Waals surface area (Å²) in [5.74, 6) is 0. The van der Waals surface area contributed by atoms with E-state index in [0.717, 1.165) is 0 Å². The summed E-state index contributed by atoms with van der Waals surface area (Å²) in [5, 5.41) is 13.0. The predicted octanol–water partition coefficient (Wildman–Crippen LogP) is 2.31. The van der Waals surface area contributed by atoms with E-state index in [-0.39, 0.29) is 9.92 Å². The molecule has 1 N–H and O–H groups in total. The Bertz CT molecular complexity index is 821. The number of nitrogens with one attached hydrogen (secondary N) is 1. The van der Waals surface area contributed by atoms with E-state index in [9.17, 15) is 8.42 Å². The second-order valence-electron chi connectivity index (χ2n) is 4.38. The van der Waals surface area contributed by atoms with Crippen LogP contribution in [0.3, 0.4) is 0 Å². The van der Waals surface area contributed by atoms with Gasteiger partial charge in [0.05, 0.1) is 28.0 Å². The van der Waals surface area contributed by atoms with Gasteiger partial charge in [-0.05, 0) is 24.6 Å². The molecule has 0 aliphatic carbocycles. The standard InChI is InChI=1S/C13H13ClN4O2S/c1-3-11-12(8-18(2)16-11)17-21(19,20)13-5-4-9(7-15)6-10(13)14/h4-6,8,17H,3H2,1-2H3. The molecule has 1 aromatic carbocycles. The number of benzene rings is 1. The Morgan fingerprint density at radius 3 is 2.76 bits per heavy atom. The van der Waals surface area contributed by atoms with E-state index in [1.807, 2.05) is 13.0 Å². The zero-order valence-electron chi connectivity index (χ0n) is 11.5. The number of aromatic nitrogens is 2. The normalized spacial score (nSPS) is 11.1. The van der Waals surface area contributed by atoms with E-state index in [2.05, 4.69) is 9.82 Å². The largest absolute Gasteiger partial charge is 0.276 e. The second-order valence-corrected chi connectivity index (χ2v) is 6.44. The molecule has 6 nitrogen and oxygen atoms in total. The zero-order valence-corrected chi connectivity index (χ0v) is 13.0. The van der Waals surface area contributed by atoms with E-state index in [1.165, 1.54) is 22.9 Å². The third-order valence-electron chi connectivity index (χ3n) is 2.83. The highest BCUT2D eigenvalue weighted by Crippen LogP contribution is 2.26. The SMILES string of the molecule is CCc1nn(C)cc1NS(=O)(=O)c1ccc(C#N)cc1Cl. The number of nitriles is 1. The monoisotopic (exact) mass is 324 g/mol. The molecular formula is C13H13ClN4O2S. The van der Waals surface area contributed by atoms with Crippen LogP contribution in [0.2, 0.25) is 5.02 Å². The van der Waals surface area contributed by atoms with E-state index in [1.54, 1.807) is 13.2 Å². The van der Waals surface area contributed by atoms with E-state index < -0.39 is 10.0 Å². The van der Waals surface area contributed by atoms with Gasteiger partial charge < -0.3 is 0 Å². The molecule has 0 aliphatic rings. The Morgan fingerprint density at radius 1 is 1.48 bits per heavy atom. The maximum absolute atomic E-state index is 12.4. The first kappa shape index (κ1) is 15.4. The third kappa shape index (κ3) is 3.17. The first-order valence-corrected chi connectivity index (χ1v) is 7.98. The lowest BCUT2D eigenvalue weighted by Crippen LogP contribution is -2.14. The van der Waals surface area contributed by atoms with Gasteiger partial charge in [0.2, 0.25) is 0 Å². The van der Waals surface area contributed by atoms with Crippen molar-refractivity contribution in [3.63, 3.8) is 0 Å². The summed E-state index contributed by atoms with van der Waals surface area (Å²) >= 11 is 5.95. The topological polar surface area (TPSA) is 87.8 Å². The van der Waals surface area contributed by atoms with Crippen molar-refractivity contribution >= 4 is 27.3 Å². The lowest BCUT2D eigenvalue weighted by atomic mass is 10.2. The molecule has 8 heteroatoms. The van der Waals surface area contributed by atoms with E-state index >= 15 is 0 Å². The molecule has 0 unspecified atom stereocenters. The molecule has 1 heterocycles. The van der Waals surface area contributed by atoms with E-state index in [0.29, 0.717) is 23.4 Å². The number of aryl methyl sites for hydroxylation is 2. The Labute approximate surface area is 128 Å². The number of anilines is 1. The molecule has 0 saturated heterocycles. The third-order valence-corrected chi connectivity index (χ3v) is 4.68. The molecule has 2 aromatic rings. The molecule has 0 saturated carbocycles. The average molecular weight is 325 g/mol. The minimum atomic E-state index is -3.83. The van der Waals surface area contributed by atoms with Crippen LogP contribution in [0.25, 0.3) is 0 Å². The van der Waals surface area contributed by atoms with Crippen LogP contribution in [-0.4, -0.2) is 18.2 Å². The van der Waals surface area contributed by atoms with Crippen molar-refractivity contribution in [2.45, 2.75) is 18.2 Å². The molecule has 0 amide bonds. The van der Waals surface area contributed by atoms with Gasteiger partial charge in [-0.25, -0.2) is 8.42 Å². The van der Waals surface area contributed by atoms with Gasteiger partial charge in [-0.3, -0.25) is 9.40 Å². The molecule has 0 atom stereocenters. The van der Waals surface area contributed by atoms with Crippen LogP contribution >= 0.6 is 11.6 Å². The van der Waals surface area contributed by atoms with Gasteiger partial charge in [0.25, 0.3) is 10.0 Å².